The maximum atomic E-state index is 6.43. The molecule has 2 rings (SSSR count). The van der Waals surface area contributed by atoms with Crippen LogP contribution < -0.4 is 0 Å². The first kappa shape index (κ1) is 14.4. The molecule has 0 heterocycles. The highest BCUT2D eigenvalue weighted by atomic mass is 35.5. The fourth-order valence-corrected chi connectivity index (χ4v) is 2.52. The Hall–Kier alpha value is -1.02. The topological polar surface area (TPSA) is 3.24 Å². The summed E-state index contributed by atoms with van der Waals surface area (Å²) in [5.41, 5.74) is 2.40. The zero-order valence-electron chi connectivity index (χ0n) is 10.9. The van der Waals surface area contributed by atoms with Gasteiger partial charge in [-0.2, -0.15) is 0 Å². The van der Waals surface area contributed by atoms with Gasteiger partial charge in [0.05, 0.1) is 5.38 Å². The molecule has 1 atom stereocenters. The third kappa shape index (κ3) is 4.54. The fraction of sp³-hybridized carbons (Fsp3) is 0.250. The summed E-state index contributed by atoms with van der Waals surface area (Å²) in [5.74, 6) is 0. The number of benzene rings is 2. The van der Waals surface area contributed by atoms with E-state index in [1.54, 1.807) is 0 Å². The van der Waals surface area contributed by atoms with Crippen molar-refractivity contribution in [3.05, 3.63) is 70.7 Å². The first-order valence-corrected chi connectivity index (χ1v) is 7.08. The van der Waals surface area contributed by atoms with E-state index < -0.39 is 0 Å². The van der Waals surface area contributed by atoms with Crippen molar-refractivity contribution in [1.82, 2.24) is 4.90 Å². The van der Waals surface area contributed by atoms with Crippen LogP contribution in [0.15, 0.2) is 54.6 Å². The maximum absolute atomic E-state index is 6.43. The molecule has 0 spiro atoms. The van der Waals surface area contributed by atoms with E-state index in [4.69, 9.17) is 23.2 Å². The third-order valence-electron chi connectivity index (χ3n) is 3.00. The van der Waals surface area contributed by atoms with Gasteiger partial charge in [0.15, 0.2) is 0 Å². The van der Waals surface area contributed by atoms with E-state index in [1.807, 2.05) is 30.3 Å². The lowest BCUT2D eigenvalue weighted by Crippen LogP contribution is -2.22. The van der Waals surface area contributed by atoms with Crippen molar-refractivity contribution in [2.24, 2.45) is 0 Å². The van der Waals surface area contributed by atoms with Crippen molar-refractivity contribution in [2.45, 2.75) is 11.9 Å². The zero-order valence-corrected chi connectivity index (χ0v) is 12.4. The minimum atomic E-state index is -0.0222. The Kier molecular flexibility index (Phi) is 5.26. The summed E-state index contributed by atoms with van der Waals surface area (Å²) in [6.07, 6.45) is 0. The van der Waals surface area contributed by atoms with Gasteiger partial charge in [-0.1, -0.05) is 54.1 Å². The number of hydrogen-bond donors (Lipinski definition) is 0. The molecule has 3 heteroatoms. The van der Waals surface area contributed by atoms with Crippen LogP contribution in [0.3, 0.4) is 0 Å². The molecule has 0 fully saturated rings. The molecule has 1 unspecified atom stereocenters. The Morgan fingerprint density at radius 2 is 1.63 bits per heavy atom. The smallest absolute Gasteiger partial charge is 0.0712 e. The highest BCUT2D eigenvalue weighted by molar-refractivity contribution is 6.30. The van der Waals surface area contributed by atoms with E-state index in [0.717, 1.165) is 23.7 Å². The highest BCUT2D eigenvalue weighted by Gasteiger charge is 2.11. The number of hydrogen-bond acceptors (Lipinski definition) is 1. The Morgan fingerprint density at radius 1 is 1.00 bits per heavy atom. The Morgan fingerprint density at radius 3 is 2.26 bits per heavy atom. The van der Waals surface area contributed by atoms with E-state index >= 15 is 0 Å². The van der Waals surface area contributed by atoms with Gasteiger partial charge in [-0.15, -0.1) is 11.6 Å². The van der Waals surface area contributed by atoms with Gasteiger partial charge < -0.3 is 4.90 Å². The van der Waals surface area contributed by atoms with E-state index in [-0.39, 0.29) is 5.38 Å². The van der Waals surface area contributed by atoms with Crippen molar-refractivity contribution >= 4 is 23.2 Å². The fourth-order valence-electron chi connectivity index (χ4n) is 2.01. The van der Waals surface area contributed by atoms with Crippen LogP contribution >= 0.6 is 23.2 Å². The molecule has 0 saturated carbocycles. The van der Waals surface area contributed by atoms with Gasteiger partial charge in [0.1, 0.15) is 0 Å². The lowest BCUT2D eigenvalue weighted by Gasteiger charge is -2.20. The second kappa shape index (κ2) is 6.95. The van der Waals surface area contributed by atoms with Gasteiger partial charge >= 0.3 is 0 Å². The molecule has 0 amide bonds. The standard InChI is InChI=1S/C16H17Cl2N/c1-19(11-13-5-3-2-4-6-13)12-16(18)14-7-9-15(17)10-8-14/h2-10,16H,11-12H2,1H3. The summed E-state index contributed by atoms with van der Waals surface area (Å²) < 4.78 is 0. The molecule has 0 aromatic heterocycles. The molecule has 2 aromatic carbocycles. The van der Waals surface area contributed by atoms with Gasteiger partial charge in [-0.05, 0) is 30.3 Å². The number of halogens is 2. The van der Waals surface area contributed by atoms with Gasteiger partial charge in [-0.25, -0.2) is 0 Å². The molecule has 0 N–H and O–H groups in total. The molecule has 0 aliphatic carbocycles. The van der Waals surface area contributed by atoms with Gasteiger partial charge in [0, 0.05) is 18.1 Å². The van der Waals surface area contributed by atoms with Crippen LogP contribution in [0.4, 0.5) is 0 Å². The van der Waals surface area contributed by atoms with Crippen molar-refractivity contribution in [3.63, 3.8) is 0 Å². The summed E-state index contributed by atoms with van der Waals surface area (Å²) in [5, 5.41) is 0.719. The molecular formula is C16H17Cl2N. The SMILES string of the molecule is CN(Cc1ccccc1)CC(Cl)c1ccc(Cl)cc1. The van der Waals surface area contributed by atoms with E-state index in [1.165, 1.54) is 5.56 Å². The molecule has 0 aliphatic rings. The van der Waals surface area contributed by atoms with E-state index in [9.17, 15) is 0 Å². The minimum Gasteiger partial charge on any atom is -0.300 e. The molecule has 0 aliphatic heterocycles. The number of nitrogens with zero attached hydrogens (tertiary/aromatic N) is 1. The van der Waals surface area contributed by atoms with Crippen LogP contribution in [0.25, 0.3) is 0 Å². The molecule has 100 valence electrons. The molecule has 1 nitrogen and oxygen atoms in total. The lowest BCUT2D eigenvalue weighted by atomic mass is 10.1. The Balaban J connectivity index is 1.91. The zero-order chi connectivity index (χ0) is 13.7. The Labute approximate surface area is 124 Å². The van der Waals surface area contributed by atoms with Crippen LogP contribution in [-0.4, -0.2) is 18.5 Å². The van der Waals surface area contributed by atoms with E-state index in [2.05, 4.69) is 36.2 Å². The Bertz CT molecular complexity index is 496. The van der Waals surface area contributed by atoms with Crippen molar-refractivity contribution in [2.75, 3.05) is 13.6 Å². The second-order valence-corrected chi connectivity index (χ2v) is 5.66. The van der Waals surface area contributed by atoms with Gasteiger partial charge in [0.2, 0.25) is 0 Å². The summed E-state index contributed by atoms with van der Waals surface area (Å²) >= 11 is 12.3. The monoisotopic (exact) mass is 293 g/mol. The summed E-state index contributed by atoms with van der Waals surface area (Å²) in [4.78, 5) is 2.22. The molecule has 0 radical (unpaired) electrons. The largest absolute Gasteiger partial charge is 0.300 e. The normalized spacial score (nSPS) is 12.6. The molecule has 0 saturated heterocycles. The van der Waals surface area contributed by atoms with E-state index in [0.29, 0.717) is 0 Å². The molecular weight excluding hydrogens is 277 g/mol. The summed E-state index contributed by atoms with van der Waals surface area (Å²) in [7, 11) is 2.08. The first-order valence-electron chi connectivity index (χ1n) is 6.27. The average Bonchev–Trinajstić information content (AvgIpc) is 2.40. The van der Waals surface area contributed by atoms with Crippen LogP contribution in [-0.2, 0) is 6.54 Å². The lowest BCUT2D eigenvalue weighted by molar-refractivity contribution is 0.327. The van der Waals surface area contributed by atoms with Gasteiger partial charge in [-0.3, -0.25) is 0 Å². The second-order valence-electron chi connectivity index (χ2n) is 4.70. The maximum Gasteiger partial charge on any atom is 0.0712 e. The van der Waals surface area contributed by atoms with Crippen LogP contribution in [0.2, 0.25) is 5.02 Å². The molecule has 19 heavy (non-hydrogen) atoms. The highest BCUT2D eigenvalue weighted by Crippen LogP contribution is 2.23. The summed E-state index contributed by atoms with van der Waals surface area (Å²) in [6, 6.07) is 18.1. The third-order valence-corrected chi connectivity index (χ3v) is 3.64. The van der Waals surface area contributed by atoms with Crippen molar-refractivity contribution in [1.29, 1.82) is 0 Å². The minimum absolute atomic E-state index is 0.0222. The number of likely N-dealkylation sites (N-methyl/N-ethyl adjacent to an activating group) is 1. The number of alkyl halides is 1. The van der Waals surface area contributed by atoms with Crippen LogP contribution in [0.5, 0.6) is 0 Å². The number of rotatable bonds is 5. The predicted molar refractivity (Wildman–Crippen MR) is 82.8 cm³/mol. The van der Waals surface area contributed by atoms with Gasteiger partial charge in [0.25, 0.3) is 0 Å². The molecule has 0 bridgehead atoms. The summed E-state index contributed by atoms with van der Waals surface area (Å²) in [6.45, 7) is 1.70. The van der Waals surface area contributed by atoms with Crippen LogP contribution in [0.1, 0.15) is 16.5 Å². The van der Waals surface area contributed by atoms with Crippen LogP contribution in [0, 0.1) is 0 Å². The predicted octanol–water partition coefficient (Wildman–Crippen LogP) is 4.75. The molecule has 2 aromatic rings. The first-order chi connectivity index (χ1) is 9.15. The average molecular weight is 294 g/mol. The quantitative estimate of drug-likeness (QED) is 0.719. The van der Waals surface area contributed by atoms with Crippen molar-refractivity contribution in [3.8, 4) is 0 Å². The van der Waals surface area contributed by atoms with Crippen molar-refractivity contribution < 1.29 is 0 Å².